The zero-order valence-corrected chi connectivity index (χ0v) is 16.9. The topological polar surface area (TPSA) is 61.3 Å². The summed E-state index contributed by atoms with van der Waals surface area (Å²) < 4.78 is 10.5. The van der Waals surface area contributed by atoms with Crippen molar-refractivity contribution < 1.29 is 14.3 Å². The third-order valence-corrected chi connectivity index (χ3v) is 6.95. The van der Waals surface area contributed by atoms with Gasteiger partial charge in [0.1, 0.15) is 16.2 Å². The lowest BCUT2D eigenvalue weighted by molar-refractivity contribution is 0.102. The summed E-state index contributed by atoms with van der Waals surface area (Å²) >= 11 is 3.26. The second kappa shape index (κ2) is 7.86. The normalized spacial score (nSPS) is 13.4. The predicted molar refractivity (Wildman–Crippen MR) is 109 cm³/mol. The van der Waals surface area contributed by atoms with Gasteiger partial charge in [-0.2, -0.15) is 0 Å². The summed E-state index contributed by atoms with van der Waals surface area (Å²) in [6, 6.07) is 5.25. The van der Waals surface area contributed by atoms with E-state index < -0.39 is 0 Å². The van der Waals surface area contributed by atoms with Crippen LogP contribution in [0.5, 0.6) is 11.5 Å². The van der Waals surface area contributed by atoms with Gasteiger partial charge in [-0.05, 0) is 49.4 Å². The van der Waals surface area contributed by atoms with E-state index >= 15 is 0 Å². The van der Waals surface area contributed by atoms with Crippen molar-refractivity contribution in [3.8, 4) is 11.5 Å². The van der Waals surface area contributed by atoms with Gasteiger partial charge in [0.25, 0.3) is 0 Å². The lowest BCUT2D eigenvalue weighted by Gasteiger charge is -2.11. The molecule has 4 rings (SSSR count). The molecule has 0 radical (unpaired) electrons. The monoisotopic (exact) mass is 400 g/mol. The number of ketones is 1. The Hall–Kier alpha value is -2.12. The molecule has 1 aliphatic carbocycles. The highest BCUT2D eigenvalue weighted by molar-refractivity contribution is 8.00. The van der Waals surface area contributed by atoms with Crippen LogP contribution in [0.1, 0.15) is 33.6 Å². The summed E-state index contributed by atoms with van der Waals surface area (Å²) in [6.07, 6.45) is 6.27. The molecule has 0 saturated carbocycles. The number of benzene rings is 1. The molecule has 1 aliphatic rings. The van der Waals surface area contributed by atoms with E-state index in [1.54, 1.807) is 50.1 Å². The molecule has 0 bridgehead atoms. The molecule has 27 heavy (non-hydrogen) atoms. The maximum Gasteiger partial charge on any atom is 0.173 e. The number of hydrogen-bond acceptors (Lipinski definition) is 7. The Morgan fingerprint density at radius 3 is 2.78 bits per heavy atom. The number of hydrogen-bond donors (Lipinski definition) is 0. The van der Waals surface area contributed by atoms with Crippen LogP contribution in [0.3, 0.4) is 0 Å². The second-order valence-electron chi connectivity index (χ2n) is 6.35. The van der Waals surface area contributed by atoms with Crippen LogP contribution >= 0.6 is 23.1 Å². The number of aromatic nitrogens is 2. The molecule has 0 saturated heterocycles. The summed E-state index contributed by atoms with van der Waals surface area (Å²) in [6.45, 7) is 0. The van der Waals surface area contributed by atoms with Crippen molar-refractivity contribution in [3.63, 3.8) is 0 Å². The lowest BCUT2D eigenvalue weighted by Crippen LogP contribution is -2.04. The number of carbonyl (C=O) groups is 1. The fourth-order valence-corrected chi connectivity index (χ4v) is 5.61. The number of thiophene rings is 1. The van der Waals surface area contributed by atoms with Crippen molar-refractivity contribution in [1.82, 2.24) is 9.97 Å². The Balaban J connectivity index is 1.57. The van der Waals surface area contributed by atoms with Gasteiger partial charge in [0.15, 0.2) is 17.3 Å². The quantitative estimate of drug-likeness (QED) is 0.343. The first kappa shape index (κ1) is 18.3. The van der Waals surface area contributed by atoms with Crippen molar-refractivity contribution in [1.29, 1.82) is 0 Å². The number of thioether (sulfide) groups is 1. The number of aryl methyl sites for hydroxylation is 2. The molecule has 140 valence electrons. The van der Waals surface area contributed by atoms with Crippen LogP contribution in [-0.4, -0.2) is 35.7 Å². The van der Waals surface area contributed by atoms with E-state index in [9.17, 15) is 4.79 Å². The highest BCUT2D eigenvalue weighted by atomic mass is 32.2. The molecule has 0 fully saturated rings. The third kappa shape index (κ3) is 3.53. The van der Waals surface area contributed by atoms with Crippen molar-refractivity contribution in [3.05, 3.63) is 40.5 Å². The molecule has 5 nitrogen and oxygen atoms in total. The second-order valence-corrected chi connectivity index (χ2v) is 8.40. The van der Waals surface area contributed by atoms with Crippen molar-refractivity contribution in [2.75, 3.05) is 20.0 Å². The van der Waals surface area contributed by atoms with E-state index in [4.69, 9.17) is 9.47 Å². The van der Waals surface area contributed by atoms with Crippen LogP contribution in [-0.2, 0) is 12.8 Å². The first-order chi connectivity index (χ1) is 13.2. The van der Waals surface area contributed by atoms with Crippen molar-refractivity contribution in [2.45, 2.75) is 30.7 Å². The molecule has 3 aromatic rings. The van der Waals surface area contributed by atoms with Gasteiger partial charge in [0.05, 0.1) is 20.0 Å². The van der Waals surface area contributed by atoms with Crippen LogP contribution in [0.4, 0.5) is 0 Å². The summed E-state index contributed by atoms with van der Waals surface area (Å²) in [5, 5.41) is 2.07. The Morgan fingerprint density at radius 2 is 1.96 bits per heavy atom. The average Bonchev–Trinajstić information content (AvgIpc) is 3.10. The summed E-state index contributed by atoms with van der Waals surface area (Å²) in [5.74, 6) is 1.54. The lowest BCUT2D eigenvalue weighted by atomic mass is 9.97. The molecule has 0 unspecified atom stereocenters. The maximum absolute atomic E-state index is 12.7. The van der Waals surface area contributed by atoms with Gasteiger partial charge in [0, 0.05) is 15.8 Å². The number of nitrogens with zero attached hydrogens (tertiary/aromatic N) is 2. The zero-order valence-electron chi connectivity index (χ0n) is 15.3. The maximum atomic E-state index is 12.7. The number of methoxy groups -OCH3 is 2. The SMILES string of the molecule is COc1ccc(C(=O)CSc2ncnc3sc4c(c23)CCCC4)cc1OC. The van der Waals surface area contributed by atoms with E-state index in [1.165, 1.54) is 35.0 Å². The molecule has 2 aromatic heterocycles. The van der Waals surface area contributed by atoms with Gasteiger partial charge < -0.3 is 9.47 Å². The van der Waals surface area contributed by atoms with Crippen LogP contribution in [0, 0.1) is 0 Å². The van der Waals surface area contributed by atoms with Gasteiger partial charge >= 0.3 is 0 Å². The van der Waals surface area contributed by atoms with Gasteiger partial charge in [-0.1, -0.05) is 11.8 Å². The van der Waals surface area contributed by atoms with Gasteiger partial charge in [0.2, 0.25) is 0 Å². The number of rotatable bonds is 6. The number of carbonyl (C=O) groups excluding carboxylic acids is 1. The summed E-state index contributed by atoms with van der Waals surface area (Å²) in [4.78, 5) is 24.1. The molecule has 0 N–H and O–H groups in total. The van der Waals surface area contributed by atoms with Crippen molar-refractivity contribution >= 4 is 39.1 Å². The van der Waals surface area contributed by atoms with Crippen molar-refractivity contribution in [2.24, 2.45) is 0 Å². The van der Waals surface area contributed by atoms with E-state index in [0.717, 1.165) is 28.1 Å². The summed E-state index contributed by atoms with van der Waals surface area (Å²) in [7, 11) is 3.15. The zero-order chi connectivity index (χ0) is 18.8. The third-order valence-electron chi connectivity index (χ3n) is 4.76. The molecular formula is C20H20N2O3S2. The van der Waals surface area contributed by atoms with E-state index in [-0.39, 0.29) is 5.78 Å². The predicted octanol–water partition coefficient (Wildman–Crippen LogP) is 4.56. The van der Waals surface area contributed by atoms with Gasteiger partial charge in [-0.25, -0.2) is 9.97 Å². The minimum atomic E-state index is 0.0387. The molecule has 0 amide bonds. The average molecular weight is 401 g/mol. The number of fused-ring (bicyclic) bond motifs is 3. The standard InChI is InChI=1S/C20H20N2O3S2/c1-24-15-8-7-12(9-16(15)25-2)14(23)10-26-19-18-13-5-3-4-6-17(13)27-20(18)22-11-21-19/h7-9,11H,3-6,10H2,1-2H3. The largest absolute Gasteiger partial charge is 0.493 e. The molecule has 0 atom stereocenters. The highest BCUT2D eigenvalue weighted by Crippen LogP contribution is 2.39. The van der Waals surface area contributed by atoms with E-state index in [0.29, 0.717) is 22.8 Å². The first-order valence-electron chi connectivity index (χ1n) is 8.84. The fraction of sp³-hybridized carbons (Fsp3) is 0.350. The Labute approximate surface area is 166 Å². The van der Waals surface area contributed by atoms with Gasteiger partial charge in [-0.3, -0.25) is 4.79 Å². The van der Waals surface area contributed by atoms with Crippen LogP contribution < -0.4 is 9.47 Å². The fourth-order valence-electron chi connectivity index (χ4n) is 3.40. The number of Topliss-reactive ketones (excluding diaryl/α,β-unsaturated/α-hetero) is 1. The minimum absolute atomic E-state index is 0.0387. The van der Waals surface area contributed by atoms with Crippen LogP contribution in [0.15, 0.2) is 29.6 Å². The summed E-state index contributed by atoms with van der Waals surface area (Å²) in [5.41, 5.74) is 2.00. The van der Waals surface area contributed by atoms with Crippen LogP contribution in [0.2, 0.25) is 0 Å². The Kier molecular flexibility index (Phi) is 5.31. The Morgan fingerprint density at radius 1 is 1.15 bits per heavy atom. The molecule has 7 heteroatoms. The molecule has 2 heterocycles. The van der Waals surface area contributed by atoms with E-state index in [1.807, 2.05) is 0 Å². The number of ether oxygens (including phenoxy) is 2. The van der Waals surface area contributed by atoms with E-state index in [2.05, 4.69) is 9.97 Å². The molecule has 0 aliphatic heterocycles. The highest BCUT2D eigenvalue weighted by Gasteiger charge is 2.20. The van der Waals surface area contributed by atoms with Crippen LogP contribution in [0.25, 0.3) is 10.2 Å². The molecule has 1 aromatic carbocycles. The molecule has 0 spiro atoms. The smallest absolute Gasteiger partial charge is 0.173 e. The molecular weight excluding hydrogens is 380 g/mol. The first-order valence-corrected chi connectivity index (χ1v) is 10.6. The Bertz CT molecular complexity index is 1000. The van der Waals surface area contributed by atoms with Gasteiger partial charge in [-0.15, -0.1) is 11.3 Å². The minimum Gasteiger partial charge on any atom is -0.493 e.